The Kier molecular flexibility index (Phi) is 3.95. The molecule has 1 aromatic rings. The first-order chi connectivity index (χ1) is 8.99. The highest BCUT2D eigenvalue weighted by molar-refractivity contribution is 5.82. The summed E-state index contributed by atoms with van der Waals surface area (Å²) in [4.78, 5) is 21.9. The van der Waals surface area contributed by atoms with Gasteiger partial charge in [-0.3, -0.25) is 14.9 Å². The fourth-order valence-electron chi connectivity index (χ4n) is 2.59. The Balaban J connectivity index is 2.16. The van der Waals surface area contributed by atoms with Crippen molar-refractivity contribution in [1.82, 2.24) is 0 Å². The molecule has 1 aromatic carbocycles. The maximum atomic E-state index is 11.9. The summed E-state index contributed by atoms with van der Waals surface area (Å²) in [6, 6.07) is 5.76. The zero-order chi connectivity index (χ0) is 14.0. The van der Waals surface area contributed by atoms with Crippen LogP contribution in [0.4, 0.5) is 5.69 Å². The molecule has 1 N–H and O–H groups in total. The molecule has 0 bridgehead atoms. The number of aliphatic hydroxyl groups excluding tert-OH is 1. The average molecular weight is 263 g/mol. The molecule has 5 heteroatoms. The van der Waals surface area contributed by atoms with Crippen LogP contribution in [-0.2, 0) is 4.79 Å². The van der Waals surface area contributed by atoms with E-state index in [2.05, 4.69) is 6.92 Å². The maximum Gasteiger partial charge on any atom is 0.269 e. The first-order valence-electron chi connectivity index (χ1n) is 6.44. The van der Waals surface area contributed by atoms with E-state index in [0.717, 1.165) is 6.42 Å². The lowest BCUT2D eigenvalue weighted by Gasteiger charge is -2.29. The fourth-order valence-corrected chi connectivity index (χ4v) is 2.59. The number of nitrogens with zero attached hydrogens (tertiary/aromatic N) is 1. The third-order valence-electron chi connectivity index (χ3n) is 3.78. The van der Waals surface area contributed by atoms with Crippen molar-refractivity contribution >= 4 is 11.5 Å². The van der Waals surface area contributed by atoms with Gasteiger partial charge >= 0.3 is 0 Å². The van der Waals surface area contributed by atoms with Gasteiger partial charge in [0.05, 0.1) is 11.0 Å². The number of benzene rings is 1. The van der Waals surface area contributed by atoms with Gasteiger partial charge in [0.15, 0.2) is 0 Å². The summed E-state index contributed by atoms with van der Waals surface area (Å²) in [6.07, 6.45) is 1.20. The number of ketones is 1. The zero-order valence-corrected chi connectivity index (χ0v) is 10.8. The minimum absolute atomic E-state index is 0.0145. The molecule has 102 valence electrons. The molecule has 0 heterocycles. The lowest BCUT2D eigenvalue weighted by atomic mass is 9.77. The van der Waals surface area contributed by atoms with Gasteiger partial charge in [-0.05, 0) is 36.5 Å². The highest BCUT2D eigenvalue weighted by Gasteiger charge is 2.32. The van der Waals surface area contributed by atoms with Crippen molar-refractivity contribution in [2.24, 2.45) is 11.8 Å². The number of non-ortho nitro benzene ring substituents is 1. The van der Waals surface area contributed by atoms with Crippen LogP contribution in [0.15, 0.2) is 24.3 Å². The number of Topliss-reactive ketones (excluding diaryl/α,β-unsaturated/α-hetero) is 1. The minimum Gasteiger partial charge on any atom is -0.388 e. The molecule has 0 aromatic heterocycles. The number of nitro benzene ring substituents is 1. The minimum atomic E-state index is -0.865. The van der Waals surface area contributed by atoms with Gasteiger partial charge in [0, 0.05) is 24.5 Å². The predicted octanol–water partition coefficient (Wildman–Crippen LogP) is 2.63. The van der Waals surface area contributed by atoms with E-state index < -0.39 is 11.0 Å². The molecule has 0 unspecified atom stereocenters. The molecule has 5 nitrogen and oxygen atoms in total. The molecular formula is C14H17NO4. The molecule has 1 saturated carbocycles. The summed E-state index contributed by atoms with van der Waals surface area (Å²) >= 11 is 0. The Morgan fingerprint density at radius 1 is 1.37 bits per heavy atom. The van der Waals surface area contributed by atoms with Crippen molar-refractivity contribution < 1.29 is 14.8 Å². The summed E-state index contributed by atoms with van der Waals surface area (Å²) in [5.74, 6) is 0.129. The first kappa shape index (κ1) is 13.7. The quantitative estimate of drug-likeness (QED) is 0.671. The second-order valence-corrected chi connectivity index (χ2v) is 5.25. The van der Waals surface area contributed by atoms with Crippen LogP contribution < -0.4 is 0 Å². The lowest BCUT2D eigenvalue weighted by molar-refractivity contribution is -0.384. The summed E-state index contributed by atoms with van der Waals surface area (Å²) in [7, 11) is 0. The van der Waals surface area contributed by atoms with Gasteiger partial charge in [-0.15, -0.1) is 0 Å². The van der Waals surface area contributed by atoms with Gasteiger partial charge < -0.3 is 5.11 Å². The summed E-state index contributed by atoms with van der Waals surface area (Å²) in [5, 5.41) is 20.8. The van der Waals surface area contributed by atoms with Crippen molar-refractivity contribution in [3.05, 3.63) is 39.9 Å². The Labute approximate surface area is 111 Å². The molecule has 0 aliphatic heterocycles. The van der Waals surface area contributed by atoms with Gasteiger partial charge in [-0.2, -0.15) is 0 Å². The third kappa shape index (κ3) is 2.98. The van der Waals surface area contributed by atoms with Gasteiger partial charge in [0.2, 0.25) is 0 Å². The Bertz CT molecular complexity index is 483. The number of rotatable bonds is 3. The highest BCUT2D eigenvalue weighted by atomic mass is 16.6. The lowest BCUT2D eigenvalue weighted by Crippen LogP contribution is -2.29. The Morgan fingerprint density at radius 3 is 2.58 bits per heavy atom. The molecule has 0 radical (unpaired) electrons. The monoisotopic (exact) mass is 263 g/mol. The Hall–Kier alpha value is -1.75. The van der Waals surface area contributed by atoms with Gasteiger partial charge in [0.25, 0.3) is 5.69 Å². The number of carbonyl (C=O) groups excluding carboxylic acids is 1. The van der Waals surface area contributed by atoms with E-state index in [-0.39, 0.29) is 17.4 Å². The highest BCUT2D eigenvalue weighted by Crippen LogP contribution is 2.35. The van der Waals surface area contributed by atoms with Crippen LogP contribution in [0, 0.1) is 22.0 Å². The number of carbonyl (C=O) groups is 1. The Morgan fingerprint density at radius 2 is 2.00 bits per heavy atom. The van der Waals surface area contributed by atoms with Gasteiger partial charge in [0.1, 0.15) is 5.78 Å². The van der Waals surface area contributed by atoms with Gasteiger partial charge in [-0.1, -0.05) is 6.92 Å². The fraction of sp³-hybridized carbons (Fsp3) is 0.500. The smallest absolute Gasteiger partial charge is 0.269 e. The SMILES string of the molecule is C[C@@H]1CCC(=O)[C@H]([C@@H](O)c2ccc([N+](=O)[O-])cc2)C1. The van der Waals surface area contributed by atoms with E-state index in [1.165, 1.54) is 24.3 Å². The zero-order valence-electron chi connectivity index (χ0n) is 10.8. The molecular weight excluding hydrogens is 246 g/mol. The third-order valence-corrected chi connectivity index (χ3v) is 3.78. The summed E-state index contributed by atoms with van der Waals surface area (Å²) in [5.41, 5.74) is 0.553. The first-order valence-corrected chi connectivity index (χ1v) is 6.44. The molecule has 3 atom stereocenters. The van der Waals surface area contributed by atoms with Crippen LogP contribution in [0.5, 0.6) is 0 Å². The van der Waals surface area contributed by atoms with E-state index in [0.29, 0.717) is 24.3 Å². The molecule has 19 heavy (non-hydrogen) atoms. The van der Waals surface area contributed by atoms with Crippen LogP contribution in [0.25, 0.3) is 0 Å². The molecule has 0 spiro atoms. The van der Waals surface area contributed by atoms with Crippen molar-refractivity contribution in [3.8, 4) is 0 Å². The van der Waals surface area contributed by atoms with E-state index in [1.54, 1.807) is 0 Å². The largest absolute Gasteiger partial charge is 0.388 e. The van der Waals surface area contributed by atoms with Crippen molar-refractivity contribution in [3.63, 3.8) is 0 Å². The number of nitro groups is 1. The van der Waals surface area contributed by atoms with E-state index >= 15 is 0 Å². The average Bonchev–Trinajstić information content (AvgIpc) is 2.41. The molecule has 1 fully saturated rings. The van der Waals surface area contributed by atoms with Crippen LogP contribution >= 0.6 is 0 Å². The second kappa shape index (κ2) is 5.48. The van der Waals surface area contributed by atoms with Crippen molar-refractivity contribution in [1.29, 1.82) is 0 Å². The van der Waals surface area contributed by atoms with Crippen molar-refractivity contribution in [2.75, 3.05) is 0 Å². The van der Waals surface area contributed by atoms with E-state index in [4.69, 9.17) is 0 Å². The summed E-state index contributed by atoms with van der Waals surface area (Å²) in [6.45, 7) is 2.07. The van der Waals surface area contributed by atoms with Crippen LogP contribution in [0.1, 0.15) is 37.9 Å². The standard InChI is InChI=1S/C14H17NO4/c1-9-2-7-13(16)12(8-9)14(17)10-3-5-11(6-4-10)15(18)19/h3-6,9,12,14,17H,2,7-8H2,1H3/t9-,12-,14+/m1/s1. The normalized spacial score (nSPS) is 25.1. The molecule has 0 amide bonds. The number of hydrogen-bond acceptors (Lipinski definition) is 4. The second-order valence-electron chi connectivity index (χ2n) is 5.25. The number of hydrogen-bond donors (Lipinski definition) is 1. The molecule has 1 aliphatic carbocycles. The van der Waals surface area contributed by atoms with E-state index in [9.17, 15) is 20.0 Å². The van der Waals surface area contributed by atoms with Crippen molar-refractivity contribution in [2.45, 2.75) is 32.3 Å². The summed E-state index contributed by atoms with van der Waals surface area (Å²) < 4.78 is 0. The number of aliphatic hydroxyl groups is 1. The van der Waals surface area contributed by atoms with Crippen LogP contribution in [0.2, 0.25) is 0 Å². The molecule has 1 aliphatic rings. The van der Waals surface area contributed by atoms with Crippen LogP contribution in [-0.4, -0.2) is 15.8 Å². The topological polar surface area (TPSA) is 80.4 Å². The molecule has 2 rings (SSSR count). The molecule has 0 saturated heterocycles. The van der Waals surface area contributed by atoms with Crippen LogP contribution in [0.3, 0.4) is 0 Å². The predicted molar refractivity (Wildman–Crippen MR) is 69.6 cm³/mol. The van der Waals surface area contributed by atoms with Gasteiger partial charge in [-0.25, -0.2) is 0 Å². The van der Waals surface area contributed by atoms with E-state index in [1.807, 2.05) is 0 Å². The maximum absolute atomic E-state index is 11.9.